The van der Waals surface area contributed by atoms with Gasteiger partial charge < -0.3 is 4.74 Å². The lowest BCUT2D eigenvalue weighted by molar-refractivity contribution is -0.123. The van der Waals surface area contributed by atoms with Gasteiger partial charge in [-0.15, -0.1) is 0 Å². The van der Waals surface area contributed by atoms with Crippen molar-refractivity contribution in [3.8, 4) is 11.8 Å². The van der Waals surface area contributed by atoms with E-state index in [1.807, 2.05) is 31.2 Å². The van der Waals surface area contributed by atoms with Gasteiger partial charge >= 0.3 is 0 Å². The number of para-hydroxylation sites is 1. The second kappa shape index (κ2) is 8.34. The third kappa shape index (κ3) is 4.58. The van der Waals surface area contributed by atoms with Gasteiger partial charge in [0.05, 0.1) is 11.6 Å². The van der Waals surface area contributed by atoms with E-state index in [4.69, 9.17) is 10.00 Å². The van der Waals surface area contributed by atoms with E-state index < -0.39 is 11.8 Å². The molecule has 0 fully saturated rings. The minimum Gasteiger partial charge on any atom is -0.483 e. The number of rotatable bonds is 5. The first-order chi connectivity index (χ1) is 11.6. The molecule has 2 aromatic carbocycles. The number of aryl methyl sites for hydroxylation is 1. The zero-order valence-corrected chi connectivity index (χ0v) is 13.2. The van der Waals surface area contributed by atoms with Gasteiger partial charge in [0.25, 0.3) is 11.8 Å². The molecule has 122 valence electrons. The van der Waals surface area contributed by atoms with Gasteiger partial charge in [0, 0.05) is 5.56 Å². The quantitative estimate of drug-likeness (QED) is 0.823. The Morgan fingerprint density at radius 1 is 1.12 bits per heavy atom. The summed E-state index contributed by atoms with van der Waals surface area (Å²) < 4.78 is 5.46. The van der Waals surface area contributed by atoms with Crippen molar-refractivity contribution in [2.24, 2.45) is 0 Å². The number of ether oxygens (including phenoxy) is 1. The maximum absolute atomic E-state index is 11.9. The molecule has 2 aromatic rings. The van der Waals surface area contributed by atoms with Crippen LogP contribution in [-0.2, 0) is 11.2 Å². The highest BCUT2D eigenvalue weighted by Gasteiger charge is 2.09. The summed E-state index contributed by atoms with van der Waals surface area (Å²) in [5.74, 6) is -0.344. The fourth-order valence-corrected chi connectivity index (χ4v) is 2.04. The number of hydrogen-bond donors (Lipinski definition) is 2. The van der Waals surface area contributed by atoms with Gasteiger partial charge in [-0.3, -0.25) is 20.4 Å². The van der Waals surface area contributed by atoms with Crippen molar-refractivity contribution in [2.75, 3.05) is 6.61 Å². The van der Waals surface area contributed by atoms with Gasteiger partial charge in [-0.1, -0.05) is 31.2 Å². The lowest BCUT2D eigenvalue weighted by Crippen LogP contribution is -2.43. The standard InChI is InChI=1S/C18H17N3O3/c1-2-14-7-3-4-9-16(14)24-12-17(22)20-21-18(23)15-8-5-6-13(10-15)11-19/h3-10H,2,12H2,1H3,(H,20,22)(H,21,23). The topological polar surface area (TPSA) is 91.2 Å². The van der Waals surface area contributed by atoms with Crippen molar-refractivity contribution in [2.45, 2.75) is 13.3 Å². The molecule has 0 bridgehead atoms. The second-order valence-corrected chi connectivity index (χ2v) is 4.94. The number of benzene rings is 2. The van der Waals surface area contributed by atoms with Crippen molar-refractivity contribution in [3.05, 3.63) is 65.2 Å². The molecule has 0 aliphatic carbocycles. The van der Waals surface area contributed by atoms with E-state index in [0.717, 1.165) is 12.0 Å². The molecule has 6 heteroatoms. The molecule has 0 atom stereocenters. The van der Waals surface area contributed by atoms with Crippen LogP contribution in [0.2, 0.25) is 0 Å². The molecule has 0 aromatic heterocycles. The summed E-state index contributed by atoms with van der Waals surface area (Å²) >= 11 is 0. The van der Waals surface area contributed by atoms with Crippen LogP contribution in [-0.4, -0.2) is 18.4 Å². The summed E-state index contributed by atoms with van der Waals surface area (Å²) in [6, 6.07) is 15.6. The molecule has 6 nitrogen and oxygen atoms in total. The summed E-state index contributed by atoms with van der Waals surface area (Å²) in [5, 5.41) is 8.81. The van der Waals surface area contributed by atoms with Crippen LogP contribution in [0, 0.1) is 11.3 Å². The fraction of sp³-hybridized carbons (Fsp3) is 0.167. The van der Waals surface area contributed by atoms with Crippen molar-refractivity contribution < 1.29 is 14.3 Å². The van der Waals surface area contributed by atoms with E-state index in [1.165, 1.54) is 6.07 Å². The summed E-state index contributed by atoms with van der Waals surface area (Å²) in [5.41, 5.74) is 6.22. The van der Waals surface area contributed by atoms with Crippen molar-refractivity contribution >= 4 is 11.8 Å². The predicted molar refractivity (Wildman–Crippen MR) is 88.1 cm³/mol. The molecule has 0 aliphatic rings. The third-order valence-corrected chi connectivity index (χ3v) is 3.28. The number of nitrogens with zero attached hydrogens (tertiary/aromatic N) is 1. The minimum absolute atomic E-state index is 0.213. The Balaban J connectivity index is 1.84. The SMILES string of the molecule is CCc1ccccc1OCC(=O)NNC(=O)c1cccc(C#N)c1. The van der Waals surface area contributed by atoms with E-state index in [2.05, 4.69) is 10.9 Å². The number of carbonyl (C=O) groups excluding carboxylic acids is 2. The molecule has 0 saturated carbocycles. The van der Waals surface area contributed by atoms with Crippen LogP contribution in [0.1, 0.15) is 28.4 Å². The first-order valence-electron chi connectivity index (χ1n) is 7.44. The lowest BCUT2D eigenvalue weighted by Gasteiger charge is -2.11. The Bertz CT molecular complexity index is 781. The summed E-state index contributed by atoms with van der Waals surface area (Å²) in [6.07, 6.45) is 0.795. The molecule has 2 amide bonds. The molecule has 2 rings (SSSR count). The van der Waals surface area contributed by atoms with Crippen molar-refractivity contribution in [1.29, 1.82) is 5.26 Å². The molecular weight excluding hydrogens is 306 g/mol. The molecule has 0 unspecified atom stereocenters. The molecular formula is C18H17N3O3. The van der Waals surface area contributed by atoms with Gasteiger partial charge in [-0.05, 0) is 36.2 Å². The second-order valence-electron chi connectivity index (χ2n) is 4.94. The average Bonchev–Trinajstić information content (AvgIpc) is 2.64. The Kier molecular flexibility index (Phi) is 5.92. The van der Waals surface area contributed by atoms with E-state index in [9.17, 15) is 9.59 Å². The Morgan fingerprint density at radius 3 is 2.67 bits per heavy atom. The highest BCUT2D eigenvalue weighted by Crippen LogP contribution is 2.17. The first-order valence-corrected chi connectivity index (χ1v) is 7.44. The van der Waals surface area contributed by atoms with Crippen LogP contribution in [0.15, 0.2) is 48.5 Å². The monoisotopic (exact) mass is 323 g/mol. The number of carbonyl (C=O) groups is 2. The Morgan fingerprint density at radius 2 is 1.92 bits per heavy atom. The highest BCUT2D eigenvalue weighted by molar-refractivity contribution is 5.95. The number of nitrogens with one attached hydrogen (secondary N) is 2. The largest absolute Gasteiger partial charge is 0.483 e. The van der Waals surface area contributed by atoms with Gasteiger partial charge in [-0.2, -0.15) is 5.26 Å². The zero-order valence-electron chi connectivity index (χ0n) is 13.2. The summed E-state index contributed by atoms with van der Waals surface area (Å²) in [4.78, 5) is 23.7. The fourth-order valence-electron chi connectivity index (χ4n) is 2.04. The number of amides is 2. The van der Waals surface area contributed by atoms with Crippen LogP contribution in [0.3, 0.4) is 0 Å². The van der Waals surface area contributed by atoms with E-state index in [0.29, 0.717) is 11.3 Å². The van der Waals surface area contributed by atoms with Crippen molar-refractivity contribution in [3.63, 3.8) is 0 Å². The maximum atomic E-state index is 11.9. The maximum Gasteiger partial charge on any atom is 0.276 e. The third-order valence-electron chi connectivity index (χ3n) is 3.28. The molecule has 0 aliphatic heterocycles. The predicted octanol–water partition coefficient (Wildman–Crippen LogP) is 1.96. The zero-order chi connectivity index (χ0) is 17.4. The number of hydrogen-bond acceptors (Lipinski definition) is 4. The normalized spacial score (nSPS) is 9.67. The first kappa shape index (κ1) is 17.0. The van der Waals surface area contributed by atoms with Crippen molar-refractivity contribution in [1.82, 2.24) is 10.9 Å². The number of hydrazine groups is 1. The summed E-state index contributed by atoms with van der Waals surface area (Å²) in [7, 11) is 0. The van der Waals surface area contributed by atoms with Crippen LogP contribution in [0.5, 0.6) is 5.75 Å². The molecule has 0 spiro atoms. The smallest absolute Gasteiger partial charge is 0.276 e. The van der Waals surface area contributed by atoms with Gasteiger partial charge in [0.1, 0.15) is 5.75 Å². The minimum atomic E-state index is -0.505. The van der Waals surface area contributed by atoms with Gasteiger partial charge in [0.2, 0.25) is 0 Å². The van der Waals surface area contributed by atoms with Crippen LogP contribution >= 0.6 is 0 Å². The van der Waals surface area contributed by atoms with E-state index in [1.54, 1.807) is 24.3 Å². The molecule has 0 radical (unpaired) electrons. The highest BCUT2D eigenvalue weighted by atomic mass is 16.5. The Labute approximate surface area is 140 Å². The number of nitriles is 1. The van der Waals surface area contributed by atoms with Crippen LogP contribution < -0.4 is 15.6 Å². The molecule has 0 saturated heterocycles. The Hall–Kier alpha value is -3.33. The van der Waals surface area contributed by atoms with Crippen LogP contribution in [0.4, 0.5) is 0 Å². The average molecular weight is 323 g/mol. The van der Waals surface area contributed by atoms with E-state index >= 15 is 0 Å². The molecule has 24 heavy (non-hydrogen) atoms. The van der Waals surface area contributed by atoms with Gasteiger partial charge in [0.15, 0.2) is 6.61 Å². The van der Waals surface area contributed by atoms with Crippen LogP contribution in [0.25, 0.3) is 0 Å². The molecule has 0 heterocycles. The van der Waals surface area contributed by atoms with Gasteiger partial charge in [-0.25, -0.2) is 0 Å². The van der Waals surface area contributed by atoms with E-state index in [-0.39, 0.29) is 12.2 Å². The molecule has 2 N–H and O–H groups in total. The summed E-state index contributed by atoms with van der Waals surface area (Å²) in [6.45, 7) is 1.79. The lowest BCUT2D eigenvalue weighted by atomic mass is 10.1.